The molecule has 17 heavy (non-hydrogen) atoms. The van der Waals surface area contributed by atoms with E-state index in [4.69, 9.17) is 5.73 Å². The van der Waals surface area contributed by atoms with E-state index in [1.807, 2.05) is 6.07 Å². The number of rotatable bonds is 5. The SMILES string of the molecule is CCc1ccc(C(NC2CCCC2)C(N)=O)s1. The number of carbonyl (C=O) groups is 1. The molecular formula is C13H20N2OS. The molecular weight excluding hydrogens is 232 g/mol. The maximum Gasteiger partial charge on any atom is 0.240 e. The van der Waals surface area contributed by atoms with Gasteiger partial charge in [0.15, 0.2) is 0 Å². The van der Waals surface area contributed by atoms with Crippen molar-refractivity contribution in [2.75, 3.05) is 0 Å². The lowest BCUT2D eigenvalue weighted by molar-refractivity contribution is -0.120. The number of hydrogen-bond donors (Lipinski definition) is 2. The van der Waals surface area contributed by atoms with Crippen molar-refractivity contribution in [2.45, 2.75) is 51.1 Å². The van der Waals surface area contributed by atoms with Gasteiger partial charge in [0.2, 0.25) is 5.91 Å². The summed E-state index contributed by atoms with van der Waals surface area (Å²) in [6, 6.07) is 4.27. The Morgan fingerprint density at radius 2 is 2.24 bits per heavy atom. The highest BCUT2D eigenvalue weighted by Gasteiger charge is 2.24. The normalized spacial score (nSPS) is 18.4. The first-order chi connectivity index (χ1) is 8.20. The van der Waals surface area contributed by atoms with Crippen LogP contribution in [0.25, 0.3) is 0 Å². The molecule has 94 valence electrons. The Morgan fingerprint density at radius 1 is 1.53 bits per heavy atom. The Bertz CT molecular complexity index is 383. The number of nitrogens with one attached hydrogen (secondary N) is 1. The zero-order valence-electron chi connectivity index (χ0n) is 10.2. The molecule has 0 aromatic carbocycles. The van der Waals surface area contributed by atoms with Crippen molar-refractivity contribution in [2.24, 2.45) is 5.73 Å². The molecule has 2 rings (SSSR count). The molecule has 0 bridgehead atoms. The first-order valence-corrected chi connectivity index (χ1v) is 7.16. The minimum absolute atomic E-state index is 0.263. The molecule has 0 saturated heterocycles. The number of aryl methyl sites for hydroxylation is 1. The zero-order chi connectivity index (χ0) is 12.3. The lowest BCUT2D eigenvalue weighted by Crippen LogP contribution is -2.38. The smallest absolute Gasteiger partial charge is 0.240 e. The quantitative estimate of drug-likeness (QED) is 0.845. The van der Waals surface area contributed by atoms with E-state index < -0.39 is 0 Å². The van der Waals surface area contributed by atoms with Crippen molar-refractivity contribution in [3.8, 4) is 0 Å². The summed E-state index contributed by atoms with van der Waals surface area (Å²) in [5.74, 6) is -0.263. The third-order valence-corrected chi connectivity index (χ3v) is 4.65. The van der Waals surface area contributed by atoms with Crippen molar-refractivity contribution in [3.63, 3.8) is 0 Å². The largest absolute Gasteiger partial charge is 0.368 e. The van der Waals surface area contributed by atoms with Gasteiger partial charge in [-0.1, -0.05) is 19.8 Å². The monoisotopic (exact) mass is 252 g/mol. The Hall–Kier alpha value is -0.870. The van der Waals surface area contributed by atoms with Crippen LogP contribution in [0.5, 0.6) is 0 Å². The van der Waals surface area contributed by atoms with Crippen LogP contribution in [0.2, 0.25) is 0 Å². The predicted octanol–water partition coefficient (Wildman–Crippen LogP) is 2.37. The van der Waals surface area contributed by atoms with E-state index in [0.29, 0.717) is 6.04 Å². The van der Waals surface area contributed by atoms with Gasteiger partial charge in [0.05, 0.1) is 0 Å². The molecule has 1 aromatic rings. The Morgan fingerprint density at radius 3 is 2.76 bits per heavy atom. The third kappa shape index (κ3) is 3.07. The number of carbonyl (C=O) groups excluding carboxylic acids is 1. The molecule has 1 fully saturated rings. The standard InChI is InChI=1S/C13H20N2OS/c1-2-10-7-8-11(17-10)12(13(14)16)15-9-5-3-4-6-9/h7-9,12,15H,2-6H2,1H3,(H2,14,16). The minimum atomic E-state index is -0.302. The lowest BCUT2D eigenvalue weighted by Gasteiger charge is -2.19. The number of primary amides is 1. The summed E-state index contributed by atoms with van der Waals surface area (Å²) in [7, 11) is 0. The summed E-state index contributed by atoms with van der Waals surface area (Å²) in [5, 5.41) is 3.40. The van der Waals surface area contributed by atoms with Gasteiger partial charge in [-0.15, -0.1) is 11.3 Å². The molecule has 1 saturated carbocycles. The van der Waals surface area contributed by atoms with Gasteiger partial charge in [-0.05, 0) is 31.4 Å². The van der Waals surface area contributed by atoms with Gasteiger partial charge in [0, 0.05) is 15.8 Å². The van der Waals surface area contributed by atoms with Crippen LogP contribution < -0.4 is 11.1 Å². The van der Waals surface area contributed by atoms with E-state index in [9.17, 15) is 4.79 Å². The summed E-state index contributed by atoms with van der Waals surface area (Å²) >= 11 is 1.69. The first-order valence-electron chi connectivity index (χ1n) is 6.34. The molecule has 1 atom stereocenters. The third-order valence-electron chi connectivity index (χ3n) is 3.36. The molecule has 1 amide bonds. The average Bonchev–Trinajstić information content (AvgIpc) is 2.96. The maximum absolute atomic E-state index is 11.6. The number of nitrogens with two attached hydrogens (primary N) is 1. The number of hydrogen-bond acceptors (Lipinski definition) is 3. The molecule has 1 aromatic heterocycles. The van der Waals surface area contributed by atoms with E-state index in [1.54, 1.807) is 11.3 Å². The van der Waals surface area contributed by atoms with E-state index in [2.05, 4.69) is 18.3 Å². The summed E-state index contributed by atoms with van der Waals surface area (Å²) in [6.07, 6.45) is 5.85. The van der Waals surface area contributed by atoms with E-state index in [1.165, 1.54) is 17.7 Å². The molecule has 0 spiro atoms. The molecule has 0 radical (unpaired) electrons. The summed E-state index contributed by atoms with van der Waals surface area (Å²) in [4.78, 5) is 13.9. The summed E-state index contributed by atoms with van der Waals surface area (Å²) in [5.41, 5.74) is 5.50. The van der Waals surface area contributed by atoms with E-state index in [0.717, 1.165) is 24.1 Å². The molecule has 1 unspecified atom stereocenters. The fourth-order valence-electron chi connectivity index (χ4n) is 2.37. The van der Waals surface area contributed by atoms with Gasteiger partial charge in [0.1, 0.15) is 6.04 Å². The summed E-state index contributed by atoms with van der Waals surface area (Å²) < 4.78 is 0. The van der Waals surface area contributed by atoms with Crippen LogP contribution in [0.1, 0.15) is 48.4 Å². The topological polar surface area (TPSA) is 55.1 Å². The molecule has 3 nitrogen and oxygen atoms in total. The van der Waals surface area contributed by atoms with Crippen molar-refractivity contribution in [3.05, 3.63) is 21.9 Å². The van der Waals surface area contributed by atoms with Crippen LogP contribution in [0.15, 0.2) is 12.1 Å². The lowest BCUT2D eigenvalue weighted by atomic mass is 10.1. The van der Waals surface area contributed by atoms with Crippen LogP contribution in [0.3, 0.4) is 0 Å². The van der Waals surface area contributed by atoms with Crippen molar-refractivity contribution in [1.29, 1.82) is 0 Å². The molecule has 1 aliphatic rings. The summed E-state index contributed by atoms with van der Waals surface area (Å²) in [6.45, 7) is 2.12. The molecule has 3 N–H and O–H groups in total. The van der Waals surface area contributed by atoms with Crippen LogP contribution in [-0.4, -0.2) is 11.9 Å². The second-order valence-corrected chi connectivity index (χ2v) is 5.84. The minimum Gasteiger partial charge on any atom is -0.368 e. The molecule has 0 aliphatic heterocycles. The van der Waals surface area contributed by atoms with Gasteiger partial charge in [-0.3, -0.25) is 10.1 Å². The molecule has 4 heteroatoms. The van der Waals surface area contributed by atoms with E-state index in [-0.39, 0.29) is 11.9 Å². The van der Waals surface area contributed by atoms with Crippen molar-refractivity contribution < 1.29 is 4.79 Å². The molecule has 1 aliphatic carbocycles. The first kappa shape index (κ1) is 12.6. The van der Waals surface area contributed by atoms with Crippen molar-refractivity contribution >= 4 is 17.2 Å². The average molecular weight is 252 g/mol. The fraction of sp³-hybridized carbons (Fsp3) is 0.615. The zero-order valence-corrected chi connectivity index (χ0v) is 11.1. The maximum atomic E-state index is 11.6. The number of amides is 1. The number of thiophene rings is 1. The predicted molar refractivity (Wildman–Crippen MR) is 71.0 cm³/mol. The highest BCUT2D eigenvalue weighted by molar-refractivity contribution is 7.12. The fourth-order valence-corrected chi connectivity index (χ4v) is 3.39. The highest BCUT2D eigenvalue weighted by Crippen LogP contribution is 2.27. The van der Waals surface area contributed by atoms with Gasteiger partial charge >= 0.3 is 0 Å². The molecule has 1 heterocycles. The van der Waals surface area contributed by atoms with Gasteiger partial charge < -0.3 is 5.73 Å². The van der Waals surface area contributed by atoms with E-state index >= 15 is 0 Å². The van der Waals surface area contributed by atoms with Crippen LogP contribution in [-0.2, 0) is 11.2 Å². The van der Waals surface area contributed by atoms with Crippen LogP contribution in [0.4, 0.5) is 0 Å². The van der Waals surface area contributed by atoms with Gasteiger partial charge in [-0.25, -0.2) is 0 Å². The van der Waals surface area contributed by atoms with Crippen LogP contribution >= 0.6 is 11.3 Å². The van der Waals surface area contributed by atoms with Gasteiger partial charge in [0.25, 0.3) is 0 Å². The Kier molecular flexibility index (Phi) is 4.18. The second kappa shape index (κ2) is 5.65. The second-order valence-electron chi connectivity index (χ2n) is 4.64. The van der Waals surface area contributed by atoms with Crippen molar-refractivity contribution in [1.82, 2.24) is 5.32 Å². The highest BCUT2D eigenvalue weighted by atomic mass is 32.1. The Labute approximate surface area is 106 Å². The van der Waals surface area contributed by atoms with Crippen LogP contribution in [0, 0.1) is 0 Å². The Balaban J connectivity index is 2.07. The van der Waals surface area contributed by atoms with Gasteiger partial charge in [-0.2, -0.15) is 0 Å².